The van der Waals surface area contributed by atoms with Gasteiger partial charge in [-0.1, -0.05) is 13.8 Å². The normalized spacial score (nSPS) is 12.2. The second kappa shape index (κ2) is 6.82. The van der Waals surface area contributed by atoms with Crippen molar-refractivity contribution in [3.8, 4) is 6.07 Å². The van der Waals surface area contributed by atoms with E-state index in [1.807, 2.05) is 19.9 Å². The van der Waals surface area contributed by atoms with Gasteiger partial charge < -0.3 is 15.1 Å². The largest absolute Gasteiger partial charge is 0.467 e. The van der Waals surface area contributed by atoms with E-state index < -0.39 is 6.04 Å². The summed E-state index contributed by atoms with van der Waals surface area (Å²) in [6.07, 6.45) is 1.85. The summed E-state index contributed by atoms with van der Waals surface area (Å²) in [6.45, 7) is 4.53. The minimum absolute atomic E-state index is 0.0682. The van der Waals surface area contributed by atoms with E-state index in [-0.39, 0.29) is 18.2 Å². The Labute approximate surface area is 107 Å². The van der Waals surface area contributed by atoms with Crippen molar-refractivity contribution in [2.24, 2.45) is 11.7 Å². The van der Waals surface area contributed by atoms with Gasteiger partial charge in [-0.25, -0.2) is 0 Å². The van der Waals surface area contributed by atoms with Gasteiger partial charge in [0.05, 0.1) is 31.3 Å². The molecule has 1 aromatic heterocycles. The highest BCUT2D eigenvalue weighted by molar-refractivity contribution is 5.81. The Morgan fingerprint density at radius 3 is 2.83 bits per heavy atom. The van der Waals surface area contributed by atoms with Gasteiger partial charge in [0.25, 0.3) is 0 Å². The lowest BCUT2D eigenvalue weighted by Gasteiger charge is -2.25. The molecule has 0 saturated carbocycles. The molecule has 0 spiro atoms. The lowest BCUT2D eigenvalue weighted by Crippen LogP contribution is -2.46. The molecule has 0 saturated heterocycles. The van der Waals surface area contributed by atoms with Crippen molar-refractivity contribution in [2.75, 3.05) is 6.54 Å². The Bertz CT molecular complexity index is 406. The first-order valence-corrected chi connectivity index (χ1v) is 6.00. The number of carbonyl (C=O) groups excluding carboxylic acids is 1. The third kappa shape index (κ3) is 3.90. The zero-order chi connectivity index (χ0) is 13.5. The number of carbonyl (C=O) groups is 1. The topological polar surface area (TPSA) is 83.3 Å². The summed E-state index contributed by atoms with van der Waals surface area (Å²) in [5.74, 6) is 0.618. The third-order valence-electron chi connectivity index (χ3n) is 2.74. The Balaban J connectivity index is 2.71. The first kappa shape index (κ1) is 14.3. The highest BCUT2D eigenvalue weighted by Crippen LogP contribution is 2.10. The summed E-state index contributed by atoms with van der Waals surface area (Å²) >= 11 is 0. The number of amides is 1. The van der Waals surface area contributed by atoms with Crippen LogP contribution in [0.15, 0.2) is 22.8 Å². The van der Waals surface area contributed by atoms with Gasteiger partial charge in [-0.2, -0.15) is 5.26 Å². The van der Waals surface area contributed by atoms with E-state index in [9.17, 15) is 4.79 Å². The second-order valence-electron chi connectivity index (χ2n) is 4.52. The quantitative estimate of drug-likeness (QED) is 0.828. The number of nitrogens with two attached hydrogens (primary N) is 1. The monoisotopic (exact) mass is 249 g/mol. The Morgan fingerprint density at radius 2 is 2.33 bits per heavy atom. The Hall–Kier alpha value is -1.80. The fourth-order valence-corrected chi connectivity index (χ4v) is 1.54. The fourth-order valence-electron chi connectivity index (χ4n) is 1.54. The van der Waals surface area contributed by atoms with E-state index in [0.29, 0.717) is 18.8 Å². The highest BCUT2D eigenvalue weighted by atomic mass is 16.3. The summed E-state index contributed by atoms with van der Waals surface area (Å²) < 4.78 is 5.22. The molecule has 0 fully saturated rings. The van der Waals surface area contributed by atoms with E-state index in [1.165, 1.54) is 0 Å². The molecule has 1 heterocycles. The van der Waals surface area contributed by atoms with Gasteiger partial charge in [-0.05, 0) is 18.1 Å². The van der Waals surface area contributed by atoms with Crippen LogP contribution in [0.25, 0.3) is 0 Å². The van der Waals surface area contributed by atoms with Gasteiger partial charge in [-0.3, -0.25) is 4.79 Å². The van der Waals surface area contributed by atoms with Crippen LogP contribution >= 0.6 is 0 Å². The molecule has 5 heteroatoms. The van der Waals surface area contributed by atoms with Crippen molar-refractivity contribution < 1.29 is 9.21 Å². The predicted octanol–water partition coefficient (Wildman–Crippen LogP) is 1.51. The van der Waals surface area contributed by atoms with Gasteiger partial charge in [0.15, 0.2) is 0 Å². The number of nitrogens with zero attached hydrogens (tertiary/aromatic N) is 2. The number of hydrogen-bond acceptors (Lipinski definition) is 4. The third-order valence-corrected chi connectivity index (χ3v) is 2.74. The van der Waals surface area contributed by atoms with E-state index in [0.717, 1.165) is 0 Å². The zero-order valence-electron chi connectivity index (χ0n) is 10.8. The maximum Gasteiger partial charge on any atom is 0.240 e. The van der Waals surface area contributed by atoms with E-state index in [1.54, 1.807) is 23.3 Å². The van der Waals surface area contributed by atoms with Crippen LogP contribution in [0.1, 0.15) is 26.0 Å². The molecule has 18 heavy (non-hydrogen) atoms. The first-order valence-electron chi connectivity index (χ1n) is 6.00. The molecule has 0 radical (unpaired) electrons. The molecule has 0 aliphatic rings. The lowest BCUT2D eigenvalue weighted by atomic mass is 10.0. The molecular weight excluding hydrogens is 230 g/mol. The molecule has 0 bridgehead atoms. The van der Waals surface area contributed by atoms with Crippen LogP contribution in [-0.4, -0.2) is 23.4 Å². The summed E-state index contributed by atoms with van der Waals surface area (Å²) in [6, 6.07) is 5.06. The maximum atomic E-state index is 12.2. The average molecular weight is 249 g/mol. The van der Waals surface area contributed by atoms with Gasteiger partial charge in [-0.15, -0.1) is 0 Å². The molecule has 2 N–H and O–H groups in total. The summed E-state index contributed by atoms with van der Waals surface area (Å²) in [5.41, 5.74) is 5.86. The van der Waals surface area contributed by atoms with E-state index in [4.69, 9.17) is 15.4 Å². The van der Waals surface area contributed by atoms with Crippen molar-refractivity contribution in [3.63, 3.8) is 0 Å². The summed E-state index contributed by atoms with van der Waals surface area (Å²) in [4.78, 5) is 13.7. The Morgan fingerprint density at radius 1 is 1.61 bits per heavy atom. The first-order chi connectivity index (χ1) is 8.56. The van der Waals surface area contributed by atoms with Crippen LogP contribution in [0.5, 0.6) is 0 Å². The molecule has 1 rings (SSSR count). The van der Waals surface area contributed by atoms with E-state index >= 15 is 0 Å². The van der Waals surface area contributed by atoms with Gasteiger partial charge in [0, 0.05) is 6.54 Å². The molecule has 0 unspecified atom stereocenters. The molecule has 0 aliphatic heterocycles. The molecule has 0 aromatic carbocycles. The van der Waals surface area contributed by atoms with Crippen LogP contribution in [0.4, 0.5) is 0 Å². The van der Waals surface area contributed by atoms with Crippen molar-refractivity contribution >= 4 is 5.91 Å². The Kier molecular flexibility index (Phi) is 5.40. The zero-order valence-corrected chi connectivity index (χ0v) is 10.8. The minimum Gasteiger partial charge on any atom is -0.467 e. The van der Waals surface area contributed by atoms with Crippen LogP contribution in [0.3, 0.4) is 0 Å². The number of furan rings is 1. The number of rotatable bonds is 6. The highest BCUT2D eigenvalue weighted by Gasteiger charge is 2.23. The maximum absolute atomic E-state index is 12.2. The molecule has 1 aromatic rings. The molecule has 98 valence electrons. The van der Waals surface area contributed by atoms with Crippen LogP contribution in [0.2, 0.25) is 0 Å². The number of nitriles is 1. The summed E-state index contributed by atoms with van der Waals surface area (Å²) in [7, 11) is 0. The number of hydrogen-bond donors (Lipinski definition) is 1. The van der Waals surface area contributed by atoms with Crippen molar-refractivity contribution in [1.82, 2.24) is 4.90 Å². The fraction of sp³-hybridized carbons (Fsp3) is 0.538. The standard InChI is InChI=1S/C13H19N3O2/c1-10(2)12(15)13(17)16(7-4-6-14)9-11-5-3-8-18-11/h3,5,8,10,12H,4,7,9,15H2,1-2H3/t12-/m1/s1. The van der Waals surface area contributed by atoms with E-state index in [2.05, 4.69) is 0 Å². The van der Waals surface area contributed by atoms with Crippen LogP contribution in [-0.2, 0) is 11.3 Å². The average Bonchev–Trinajstić information content (AvgIpc) is 2.85. The molecule has 1 amide bonds. The van der Waals surface area contributed by atoms with Crippen molar-refractivity contribution in [1.29, 1.82) is 5.26 Å². The van der Waals surface area contributed by atoms with Crippen molar-refractivity contribution in [2.45, 2.75) is 32.9 Å². The molecule has 0 aliphatic carbocycles. The van der Waals surface area contributed by atoms with Crippen molar-refractivity contribution in [3.05, 3.63) is 24.2 Å². The molecule has 1 atom stereocenters. The predicted molar refractivity (Wildman–Crippen MR) is 67.2 cm³/mol. The van der Waals surface area contributed by atoms with Gasteiger partial charge in [0.2, 0.25) is 5.91 Å². The van der Waals surface area contributed by atoms with Gasteiger partial charge >= 0.3 is 0 Å². The second-order valence-corrected chi connectivity index (χ2v) is 4.52. The molecule has 5 nitrogen and oxygen atoms in total. The lowest BCUT2D eigenvalue weighted by molar-refractivity contribution is -0.134. The summed E-state index contributed by atoms with van der Waals surface area (Å²) in [5, 5.41) is 8.63. The minimum atomic E-state index is -0.543. The SMILES string of the molecule is CC(C)[C@@H](N)C(=O)N(CCC#N)Cc1ccco1. The van der Waals surface area contributed by atoms with Crippen LogP contribution < -0.4 is 5.73 Å². The van der Waals surface area contributed by atoms with Crippen LogP contribution in [0, 0.1) is 17.2 Å². The van der Waals surface area contributed by atoms with Gasteiger partial charge in [0.1, 0.15) is 5.76 Å². The molecular formula is C13H19N3O2. The smallest absolute Gasteiger partial charge is 0.240 e.